The van der Waals surface area contributed by atoms with Crippen molar-refractivity contribution in [1.82, 2.24) is 4.90 Å². The van der Waals surface area contributed by atoms with E-state index in [1.165, 1.54) is 0 Å². The summed E-state index contributed by atoms with van der Waals surface area (Å²) < 4.78 is 0. The highest BCUT2D eigenvalue weighted by atomic mass is 35.5. The molecule has 0 heterocycles. The molecule has 0 saturated heterocycles. The maximum atomic E-state index is 12.1. The largest absolute Gasteiger partial charge is 0.370 e. The summed E-state index contributed by atoms with van der Waals surface area (Å²) in [6.07, 6.45) is -0.122. The smallest absolute Gasteiger partial charge is 0.240 e. The third kappa shape index (κ3) is 5.19. The summed E-state index contributed by atoms with van der Waals surface area (Å²) >= 11 is 0. The van der Waals surface area contributed by atoms with Gasteiger partial charge in [-0.3, -0.25) is 9.59 Å². The van der Waals surface area contributed by atoms with Crippen LogP contribution in [-0.4, -0.2) is 29.3 Å². The first-order valence-electron chi connectivity index (χ1n) is 6.32. The minimum absolute atomic E-state index is 0. The molecule has 1 rings (SSSR count). The fraction of sp³-hybridized carbons (Fsp3) is 0.429. The Labute approximate surface area is 125 Å². The van der Waals surface area contributed by atoms with Crippen LogP contribution >= 0.6 is 12.4 Å². The van der Waals surface area contributed by atoms with Crippen LogP contribution in [0.5, 0.6) is 0 Å². The van der Waals surface area contributed by atoms with Gasteiger partial charge in [0.15, 0.2) is 0 Å². The number of benzene rings is 1. The van der Waals surface area contributed by atoms with Crippen LogP contribution in [0.15, 0.2) is 24.3 Å². The number of halogens is 1. The summed E-state index contributed by atoms with van der Waals surface area (Å²) in [6, 6.07) is 7.00. The van der Waals surface area contributed by atoms with Crippen LogP contribution in [0.3, 0.4) is 0 Å². The minimum atomic E-state index is -0.860. The van der Waals surface area contributed by atoms with Crippen molar-refractivity contribution in [2.45, 2.75) is 32.9 Å². The third-order valence-corrected chi connectivity index (χ3v) is 3.05. The number of hydrogen-bond acceptors (Lipinski definition) is 3. The van der Waals surface area contributed by atoms with E-state index in [9.17, 15) is 9.59 Å². The van der Waals surface area contributed by atoms with E-state index in [0.29, 0.717) is 13.1 Å². The van der Waals surface area contributed by atoms with Crippen molar-refractivity contribution in [2.24, 2.45) is 11.5 Å². The highest BCUT2D eigenvalue weighted by molar-refractivity contribution is 5.87. The Hall–Kier alpha value is -1.59. The van der Waals surface area contributed by atoms with Crippen molar-refractivity contribution < 1.29 is 9.59 Å². The van der Waals surface area contributed by atoms with Crippen molar-refractivity contribution in [3.8, 4) is 0 Å². The monoisotopic (exact) mass is 299 g/mol. The molecule has 0 radical (unpaired) electrons. The van der Waals surface area contributed by atoms with Crippen molar-refractivity contribution in [2.75, 3.05) is 6.54 Å². The molecule has 1 atom stereocenters. The van der Waals surface area contributed by atoms with Crippen LogP contribution in [0, 0.1) is 6.92 Å². The van der Waals surface area contributed by atoms with Gasteiger partial charge in [0.1, 0.15) is 0 Å². The molecule has 0 fully saturated rings. The number of amides is 2. The first-order chi connectivity index (χ1) is 8.95. The molecule has 112 valence electrons. The van der Waals surface area contributed by atoms with E-state index < -0.39 is 11.9 Å². The van der Waals surface area contributed by atoms with Gasteiger partial charge in [0.2, 0.25) is 11.8 Å². The highest BCUT2D eigenvalue weighted by Crippen LogP contribution is 2.11. The van der Waals surface area contributed by atoms with Crippen LogP contribution < -0.4 is 11.5 Å². The predicted molar refractivity (Wildman–Crippen MR) is 81.3 cm³/mol. The molecule has 1 aromatic carbocycles. The summed E-state index contributed by atoms with van der Waals surface area (Å²) in [6.45, 7) is 4.91. The lowest BCUT2D eigenvalue weighted by Gasteiger charge is -2.24. The molecule has 0 aliphatic rings. The van der Waals surface area contributed by atoms with Gasteiger partial charge in [-0.25, -0.2) is 0 Å². The Bertz CT molecular complexity index is 465. The summed E-state index contributed by atoms with van der Waals surface area (Å²) in [5, 5.41) is 0. The number of aryl methyl sites for hydroxylation is 1. The van der Waals surface area contributed by atoms with Gasteiger partial charge in [-0.1, -0.05) is 24.3 Å². The standard InChI is InChI=1S/C14H21N3O2.ClH/c1-3-17(14(19)12(15)8-13(16)18)9-11-7-5-4-6-10(11)2;/h4-7,12H,3,8-9,15H2,1-2H3,(H2,16,18);1H. The Balaban J connectivity index is 0.00000361. The second-order valence-corrected chi connectivity index (χ2v) is 4.56. The van der Waals surface area contributed by atoms with Gasteiger partial charge >= 0.3 is 0 Å². The van der Waals surface area contributed by atoms with E-state index in [1.54, 1.807) is 4.90 Å². The Morgan fingerprint density at radius 2 is 1.90 bits per heavy atom. The van der Waals surface area contributed by atoms with Crippen LogP contribution in [0.1, 0.15) is 24.5 Å². The van der Waals surface area contributed by atoms with Crippen LogP contribution in [0.25, 0.3) is 0 Å². The normalized spacial score (nSPS) is 11.3. The zero-order valence-electron chi connectivity index (χ0n) is 11.8. The van der Waals surface area contributed by atoms with Gasteiger partial charge in [0.05, 0.1) is 12.5 Å². The highest BCUT2D eigenvalue weighted by Gasteiger charge is 2.21. The van der Waals surface area contributed by atoms with Gasteiger partial charge in [0.25, 0.3) is 0 Å². The Morgan fingerprint density at radius 3 is 2.40 bits per heavy atom. The number of hydrogen-bond donors (Lipinski definition) is 2. The number of carbonyl (C=O) groups excluding carboxylic acids is 2. The fourth-order valence-electron chi connectivity index (χ4n) is 1.88. The lowest BCUT2D eigenvalue weighted by Crippen LogP contribution is -2.45. The summed E-state index contributed by atoms with van der Waals surface area (Å²) in [4.78, 5) is 24.6. The molecule has 20 heavy (non-hydrogen) atoms. The Kier molecular flexibility index (Phi) is 7.87. The molecule has 6 heteroatoms. The van der Waals surface area contributed by atoms with Crippen LogP contribution in [-0.2, 0) is 16.1 Å². The maximum absolute atomic E-state index is 12.1. The van der Waals surface area contributed by atoms with Gasteiger partial charge < -0.3 is 16.4 Å². The molecule has 1 aromatic rings. The molecule has 0 bridgehead atoms. The fourth-order valence-corrected chi connectivity index (χ4v) is 1.88. The number of likely N-dealkylation sites (N-methyl/N-ethyl adjacent to an activating group) is 1. The lowest BCUT2D eigenvalue weighted by molar-refractivity contribution is -0.135. The first kappa shape index (κ1) is 18.4. The van der Waals surface area contributed by atoms with E-state index >= 15 is 0 Å². The molecule has 0 spiro atoms. The molecule has 4 N–H and O–H groups in total. The summed E-state index contributed by atoms with van der Waals surface area (Å²) in [5.74, 6) is -0.808. The Morgan fingerprint density at radius 1 is 1.30 bits per heavy atom. The molecular weight excluding hydrogens is 278 g/mol. The number of rotatable bonds is 6. The number of nitrogens with two attached hydrogens (primary N) is 2. The molecule has 0 aliphatic heterocycles. The second kappa shape index (κ2) is 8.55. The van der Waals surface area contributed by atoms with Crippen molar-refractivity contribution >= 4 is 24.2 Å². The molecule has 0 aliphatic carbocycles. The third-order valence-electron chi connectivity index (χ3n) is 3.05. The quantitative estimate of drug-likeness (QED) is 0.820. The van der Waals surface area contributed by atoms with Gasteiger partial charge in [0, 0.05) is 13.1 Å². The zero-order chi connectivity index (χ0) is 14.4. The number of carbonyl (C=O) groups is 2. The SMILES string of the molecule is CCN(Cc1ccccc1C)C(=O)C(N)CC(N)=O.Cl. The van der Waals surface area contributed by atoms with E-state index in [2.05, 4.69) is 0 Å². The maximum Gasteiger partial charge on any atom is 0.240 e. The number of primary amides is 1. The lowest BCUT2D eigenvalue weighted by atomic mass is 10.1. The minimum Gasteiger partial charge on any atom is -0.370 e. The van der Waals surface area contributed by atoms with Crippen molar-refractivity contribution in [3.05, 3.63) is 35.4 Å². The van der Waals surface area contributed by atoms with Crippen LogP contribution in [0.4, 0.5) is 0 Å². The summed E-state index contributed by atoms with van der Waals surface area (Å²) in [5.41, 5.74) is 12.9. The summed E-state index contributed by atoms with van der Waals surface area (Å²) in [7, 11) is 0. The van der Waals surface area contributed by atoms with Crippen molar-refractivity contribution in [1.29, 1.82) is 0 Å². The molecule has 2 amide bonds. The van der Waals surface area contributed by atoms with E-state index in [0.717, 1.165) is 11.1 Å². The van der Waals surface area contributed by atoms with E-state index in [1.807, 2.05) is 38.1 Å². The number of nitrogens with zero attached hydrogens (tertiary/aromatic N) is 1. The van der Waals surface area contributed by atoms with Gasteiger partial charge in [-0.2, -0.15) is 0 Å². The first-order valence-corrected chi connectivity index (χ1v) is 6.32. The average Bonchev–Trinajstić information content (AvgIpc) is 2.36. The average molecular weight is 300 g/mol. The molecular formula is C14H22ClN3O2. The van der Waals surface area contributed by atoms with Gasteiger partial charge in [-0.05, 0) is 25.0 Å². The van der Waals surface area contributed by atoms with Gasteiger partial charge in [-0.15, -0.1) is 12.4 Å². The topological polar surface area (TPSA) is 89.4 Å². The van der Waals surface area contributed by atoms with E-state index in [4.69, 9.17) is 11.5 Å². The van der Waals surface area contributed by atoms with E-state index in [-0.39, 0.29) is 24.7 Å². The second-order valence-electron chi connectivity index (χ2n) is 4.56. The predicted octanol–water partition coefficient (Wildman–Crippen LogP) is 0.968. The van der Waals surface area contributed by atoms with Crippen LogP contribution in [0.2, 0.25) is 0 Å². The molecule has 0 saturated carbocycles. The molecule has 0 aromatic heterocycles. The van der Waals surface area contributed by atoms with Crippen molar-refractivity contribution in [3.63, 3.8) is 0 Å². The zero-order valence-corrected chi connectivity index (χ0v) is 12.7. The molecule has 5 nitrogen and oxygen atoms in total. The molecule has 1 unspecified atom stereocenters.